The summed E-state index contributed by atoms with van der Waals surface area (Å²) in [6.45, 7) is 12.1. The van der Waals surface area contributed by atoms with E-state index < -0.39 is 0 Å². The van der Waals surface area contributed by atoms with Crippen LogP contribution in [0.5, 0.6) is 0 Å². The fraction of sp³-hybridized carbons (Fsp3) is 0.353. The van der Waals surface area contributed by atoms with Gasteiger partial charge in [-0.25, -0.2) is 9.97 Å². The van der Waals surface area contributed by atoms with Gasteiger partial charge in [-0.05, 0) is 26.1 Å². The molecule has 0 saturated heterocycles. The van der Waals surface area contributed by atoms with Crippen LogP contribution in [-0.4, -0.2) is 30.6 Å². The molecule has 0 fully saturated rings. The first-order chi connectivity index (χ1) is 12.8. The van der Waals surface area contributed by atoms with Crippen molar-refractivity contribution < 1.29 is 4.79 Å². The Balaban J connectivity index is 1.88. The molecule has 0 aliphatic heterocycles. The molecule has 3 rings (SSSR count). The smallest absolute Gasteiger partial charge is 0.269 e. The first-order valence-electron chi connectivity index (χ1n) is 8.34. The molecule has 3 aromatic rings. The van der Waals surface area contributed by atoms with Crippen LogP contribution < -0.4 is 5.32 Å². The minimum Gasteiger partial charge on any atom is -0.297 e. The summed E-state index contributed by atoms with van der Waals surface area (Å²) < 4.78 is 2.36. The third kappa shape index (κ3) is 3.92. The first-order valence-corrected chi connectivity index (χ1v) is 10.4. The lowest BCUT2D eigenvalue weighted by atomic mass is 10.2. The number of aromatic nitrogens is 5. The summed E-state index contributed by atoms with van der Waals surface area (Å²) >= 11 is 8.05. The number of rotatable bonds is 6. The summed E-state index contributed by atoms with van der Waals surface area (Å²) in [5.74, 6) is 0.783. The van der Waals surface area contributed by atoms with Crippen LogP contribution in [0.1, 0.15) is 45.8 Å². The number of thiazole rings is 2. The first kappa shape index (κ1) is 19.6. The molecular formula is C17H20N6OS3. The van der Waals surface area contributed by atoms with Gasteiger partial charge in [0.2, 0.25) is 0 Å². The van der Waals surface area contributed by atoms with Gasteiger partial charge < -0.3 is 0 Å². The number of carbonyl (C=O) groups is 1. The molecule has 1 amide bonds. The number of aromatic amines is 1. The monoisotopic (exact) mass is 420 g/mol. The molecule has 0 aliphatic rings. The van der Waals surface area contributed by atoms with Crippen molar-refractivity contribution in [3.05, 3.63) is 38.7 Å². The summed E-state index contributed by atoms with van der Waals surface area (Å²) in [4.78, 5) is 23.1. The van der Waals surface area contributed by atoms with Gasteiger partial charge in [-0.1, -0.05) is 31.3 Å². The standard InChI is InChI=1S/C17H20N6OS3/c1-6-7-23-13(21-22-17(23)25)11-9(4)19-16(27-11)20-14(24)12-10(5)18-15(26-12)8(2)3/h6,8H,1,7H2,2-5H3,(H,22,25)(H,19,20,24). The van der Waals surface area contributed by atoms with Crippen molar-refractivity contribution >= 4 is 45.9 Å². The molecule has 0 spiro atoms. The van der Waals surface area contributed by atoms with Crippen LogP contribution in [0, 0.1) is 18.6 Å². The van der Waals surface area contributed by atoms with E-state index in [0.29, 0.717) is 27.1 Å². The lowest BCUT2D eigenvalue weighted by Crippen LogP contribution is -2.11. The number of hydrogen-bond acceptors (Lipinski definition) is 7. The third-order valence-corrected chi connectivity index (χ3v) is 6.64. The van der Waals surface area contributed by atoms with Crippen LogP contribution in [0.15, 0.2) is 12.7 Å². The molecule has 3 heterocycles. The lowest BCUT2D eigenvalue weighted by Gasteiger charge is -2.01. The van der Waals surface area contributed by atoms with E-state index in [-0.39, 0.29) is 11.8 Å². The van der Waals surface area contributed by atoms with Crippen molar-refractivity contribution in [2.24, 2.45) is 0 Å². The molecule has 0 aliphatic carbocycles. The Morgan fingerprint density at radius 3 is 2.70 bits per heavy atom. The SMILES string of the molecule is C=CCn1c(-c2sc(NC(=O)c3sc(C(C)C)nc3C)nc2C)n[nH]c1=S. The Labute approximate surface area is 170 Å². The molecule has 0 aromatic carbocycles. The summed E-state index contributed by atoms with van der Waals surface area (Å²) in [6.07, 6.45) is 1.76. The molecule has 0 radical (unpaired) electrons. The van der Waals surface area contributed by atoms with Gasteiger partial charge in [0.25, 0.3) is 5.91 Å². The molecule has 7 nitrogen and oxygen atoms in total. The van der Waals surface area contributed by atoms with Crippen LogP contribution >= 0.6 is 34.9 Å². The number of allylic oxidation sites excluding steroid dienone is 1. The van der Waals surface area contributed by atoms with E-state index in [9.17, 15) is 4.79 Å². The highest BCUT2D eigenvalue weighted by Crippen LogP contribution is 2.32. The highest BCUT2D eigenvalue weighted by molar-refractivity contribution is 7.71. The molecular weight excluding hydrogens is 400 g/mol. The van der Waals surface area contributed by atoms with Gasteiger partial charge in [0.1, 0.15) is 4.88 Å². The van der Waals surface area contributed by atoms with Crippen molar-refractivity contribution in [3.8, 4) is 10.7 Å². The molecule has 3 aromatic heterocycles. The molecule has 0 saturated carbocycles. The molecule has 0 atom stereocenters. The number of nitrogens with zero attached hydrogens (tertiary/aromatic N) is 4. The average Bonchev–Trinajstić information content (AvgIpc) is 3.26. The largest absolute Gasteiger partial charge is 0.297 e. The molecule has 27 heavy (non-hydrogen) atoms. The normalized spacial score (nSPS) is 11.1. The predicted molar refractivity (Wildman–Crippen MR) is 112 cm³/mol. The summed E-state index contributed by atoms with van der Waals surface area (Å²) in [5, 5.41) is 11.5. The second kappa shape index (κ2) is 7.83. The fourth-order valence-corrected chi connectivity index (χ4v) is 4.61. The minimum absolute atomic E-state index is 0.192. The molecule has 142 valence electrons. The van der Waals surface area contributed by atoms with E-state index in [1.54, 1.807) is 6.08 Å². The molecule has 2 N–H and O–H groups in total. The lowest BCUT2D eigenvalue weighted by molar-refractivity contribution is 0.103. The van der Waals surface area contributed by atoms with Crippen molar-refractivity contribution in [1.29, 1.82) is 0 Å². The number of nitrogens with one attached hydrogen (secondary N) is 2. The van der Waals surface area contributed by atoms with Gasteiger partial charge >= 0.3 is 0 Å². The van der Waals surface area contributed by atoms with Crippen molar-refractivity contribution in [1.82, 2.24) is 24.7 Å². The summed E-state index contributed by atoms with van der Waals surface area (Å²) in [5.41, 5.74) is 1.51. The number of carbonyl (C=O) groups excluding carboxylic acids is 1. The molecule has 10 heteroatoms. The Morgan fingerprint density at radius 2 is 2.07 bits per heavy atom. The predicted octanol–water partition coefficient (Wildman–Crippen LogP) is 4.70. The van der Waals surface area contributed by atoms with E-state index >= 15 is 0 Å². The van der Waals surface area contributed by atoms with Gasteiger partial charge in [0.15, 0.2) is 15.7 Å². The number of aryl methyl sites for hydroxylation is 2. The average molecular weight is 421 g/mol. The number of H-pyrrole nitrogens is 1. The topological polar surface area (TPSA) is 88.5 Å². The molecule has 0 bridgehead atoms. The minimum atomic E-state index is -0.192. The van der Waals surface area contributed by atoms with E-state index in [1.165, 1.54) is 22.7 Å². The number of amides is 1. The zero-order chi connectivity index (χ0) is 19.7. The van der Waals surface area contributed by atoms with Gasteiger partial charge in [-0.2, -0.15) is 5.10 Å². The zero-order valence-electron chi connectivity index (χ0n) is 15.5. The Morgan fingerprint density at radius 1 is 1.33 bits per heavy atom. The van der Waals surface area contributed by atoms with Crippen molar-refractivity contribution in [2.45, 2.75) is 40.2 Å². The van der Waals surface area contributed by atoms with Crippen LogP contribution in [0.25, 0.3) is 10.7 Å². The highest BCUT2D eigenvalue weighted by atomic mass is 32.1. The second-order valence-electron chi connectivity index (χ2n) is 6.26. The zero-order valence-corrected chi connectivity index (χ0v) is 17.9. The Kier molecular flexibility index (Phi) is 5.68. The summed E-state index contributed by atoms with van der Waals surface area (Å²) in [7, 11) is 0. The quantitative estimate of drug-likeness (QED) is 0.446. The van der Waals surface area contributed by atoms with E-state index in [2.05, 4.69) is 45.9 Å². The fourth-order valence-electron chi connectivity index (χ4n) is 2.48. The van der Waals surface area contributed by atoms with Gasteiger partial charge in [-0.15, -0.1) is 17.9 Å². The number of anilines is 1. The van der Waals surface area contributed by atoms with Crippen LogP contribution in [0.3, 0.4) is 0 Å². The maximum absolute atomic E-state index is 12.7. The van der Waals surface area contributed by atoms with Crippen molar-refractivity contribution in [2.75, 3.05) is 5.32 Å². The van der Waals surface area contributed by atoms with Crippen molar-refractivity contribution in [3.63, 3.8) is 0 Å². The van der Waals surface area contributed by atoms with Crippen LogP contribution in [-0.2, 0) is 6.54 Å². The van der Waals surface area contributed by atoms with E-state index in [1.807, 2.05) is 18.4 Å². The molecule has 0 unspecified atom stereocenters. The third-order valence-electron chi connectivity index (χ3n) is 3.80. The maximum Gasteiger partial charge on any atom is 0.269 e. The van der Waals surface area contributed by atoms with Gasteiger partial charge in [-0.3, -0.25) is 19.8 Å². The van der Waals surface area contributed by atoms with Crippen LogP contribution in [0.4, 0.5) is 5.13 Å². The summed E-state index contributed by atoms with van der Waals surface area (Å²) in [6, 6.07) is 0. The van der Waals surface area contributed by atoms with E-state index in [0.717, 1.165) is 21.3 Å². The second-order valence-corrected chi connectivity index (χ2v) is 8.68. The van der Waals surface area contributed by atoms with E-state index in [4.69, 9.17) is 12.2 Å². The number of hydrogen-bond donors (Lipinski definition) is 2. The van der Waals surface area contributed by atoms with Gasteiger partial charge in [0.05, 0.1) is 21.3 Å². The maximum atomic E-state index is 12.7. The van der Waals surface area contributed by atoms with Crippen LogP contribution in [0.2, 0.25) is 0 Å². The van der Waals surface area contributed by atoms with Gasteiger partial charge in [0, 0.05) is 12.5 Å². The Hall–Kier alpha value is -2.17. The highest BCUT2D eigenvalue weighted by Gasteiger charge is 2.20. The Bertz CT molecular complexity index is 1060.